The number of guanidine groups is 1. The van der Waals surface area contributed by atoms with Gasteiger partial charge in [-0.15, -0.1) is 24.0 Å². The van der Waals surface area contributed by atoms with E-state index in [2.05, 4.69) is 21.3 Å². The van der Waals surface area contributed by atoms with E-state index in [1.807, 2.05) is 25.2 Å². The molecule has 1 aliphatic carbocycles. The number of aliphatic imine (C=N–C) groups is 1. The predicted molar refractivity (Wildman–Crippen MR) is 130 cm³/mol. The largest absolute Gasteiger partial charge is 0.493 e. The van der Waals surface area contributed by atoms with Crippen LogP contribution in [0.1, 0.15) is 24.0 Å². The van der Waals surface area contributed by atoms with Crippen molar-refractivity contribution < 1.29 is 13.9 Å². The first-order valence-electron chi connectivity index (χ1n) is 9.90. The molecule has 0 saturated heterocycles. The molecule has 1 N–H and O–H groups in total. The monoisotopic (exact) mass is 527 g/mol. The highest BCUT2D eigenvalue weighted by Gasteiger charge is 2.44. The van der Waals surface area contributed by atoms with Crippen LogP contribution < -0.4 is 14.8 Å². The summed E-state index contributed by atoms with van der Waals surface area (Å²) in [5.41, 5.74) is 2.25. The molecule has 0 atom stereocenters. The van der Waals surface area contributed by atoms with Crippen molar-refractivity contribution in [1.82, 2.24) is 10.2 Å². The Balaban J connectivity index is 0.00000320. The normalized spacial score (nSPS) is 14.5. The van der Waals surface area contributed by atoms with Crippen LogP contribution in [0.15, 0.2) is 47.5 Å². The summed E-state index contributed by atoms with van der Waals surface area (Å²) in [6, 6.07) is 12.9. The van der Waals surface area contributed by atoms with Crippen LogP contribution in [0.3, 0.4) is 0 Å². The maximum Gasteiger partial charge on any atom is 0.193 e. The highest BCUT2D eigenvalue weighted by Crippen LogP contribution is 2.47. The van der Waals surface area contributed by atoms with E-state index in [4.69, 9.17) is 9.47 Å². The summed E-state index contributed by atoms with van der Waals surface area (Å²) in [4.78, 5) is 6.53. The van der Waals surface area contributed by atoms with Gasteiger partial charge in [0, 0.05) is 32.6 Å². The van der Waals surface area contributed by atoms with Gasteiger partial charge in [0.2, 0.25) is 0 Å². The molecule has 1 aliphatic rings. The van der Waals surface area contributed by atoms with Crippen LogP contribution in [0.2, 0.25) is 0 Å². The quantitative estimate of drug-likeness (QED) is 0.317. The van der Waals surface area contributed by atoms with Gasteiger partial charge < -0.3 is 19.7 Å². The van der Waals surface area contributed by atoms with E-state index in [0.29, 0.717) is 0 Å². The summed E-state index contributed by atoms with van der Waals surface area (Å²) in [6.07, 6.45) is 2.98. The SMILES string of the molecule is CN=C(NCC1(c2cccc(F)c2)CC1)N(C)CCc1ccc(OC)c(OC)c1.I. The number of benzene rings is 2. The molecule has 1 fully saturated rings. The van der Waals surface area contributed by atoms with Crippen LogP contribution in [0.5, 0.6) is 11.5 Å². The number of ether oxygens (including phenoxy) is 2. The Morgan fingerprint density at radius 1 is 1.13 bits per heavy atom. The Morgan fingerprint density at radius 2 is 1.87 bits per heavy atom. The van der Waals surface area contributed by atoms with Crippen molar-refractivity contribution >= 4 is 29.9 Å². The van der Waals surface area contributed by atoms with Crippen LogP contribution >= 0.6 is 24.0 Å². The van der Waals surface area contributed by atoms with E-state index >= 15 is 0 Å². The molecule has 1 saturated carbocycles. The molecule has 164 valence electrons. The van der Waals surface area contributed by atoms with Crippen LogP contribution in [0.25, 0.3) is 0 Å². The van der Waals surface area contributed by atoms with Crippen molar-refractivity contribution in [1.29, 1.82) is 0 Å². The third kappa shape index (κ3) is 5.77. The first-order valence-corrected chi connectivity index (χ1v) is 9.90. The Morgan fingerprint density at radius 3 is 2.47 bits per heavy atom. The third-order valence-corrected chi connectivity index (χ3v) is 5.63. The van der Waals surface area contributed by atoms with Gasteiger partial charge in [0.25, 0.3) is 0 Å². The molecule has 0 radical (unpaired) electrons. The smallest absolute Gasteiger partial charge is 0.193 e. The minimum absolute atomic E-state index is 0. The van der Waals surface area contributed by atoms with E-state index in [9.17, 15) is 4.39 Å². The molecular formula is C23H31FIN3O2. The van der Waals surface area contributed by atoms with E-state index in [1.165, 1.54) is 11.6 Å². The molecule has 0 aromatic heterocycles. The fourth-order valence-corrected chi connectivity index (χ4v) is 3.61. The fourth-order valence-electron chi connectivity index (χ4n) is 3.61. The lowest BCUT2D eigenvalue weighted by atomic mass is 9.96. The predicted octanol–water partition coefficient (Wildman–Crippen LogP) is 4.24. The van der Waals surface area contributed by atoms with Crippen LogP contribution in [-0.4, -0.2) is 52.3 Å². The maximum atomic E-state index is 13.6. The minimum atomic E-state index is -0.176. The van der Waals surface area contributed by atoms with E-state index in [-0.39, 0.29) is 35.2 Å². The van der Waals surface area contributed by atoms with E-state index in [1.54, 1.807) is 33.4 Å². The van der Waals surface area contributed by atoms with Gasteiger partial charge in [-0.1, -0.05) is 18.2 Å². The second-order valence-electron chi connectivity index (χ2n) is 7.55. The van der Waals surface area contributed by atoms with Gasteiger partial charge in [0.05, 0.1) is 14.2 Å². The average molecular weight is 527 g/mol. The molecule has 0 bridgehead atoms. The second-order valence-corrected chi connectivity index (χ2v) is 7.55. The topological polar surface area (TPSA) is 46.1 Å². The molecule has 2 aromatic carbocycles. The van der Waals surface area contributed by atoms with Crippen molar-refractivity contribution in [2.24, 2.45) is 4.99 Å². The molecule has 30 heavy (non-hydrogen) atoms. The van der Waals surface area contributed by atoms with Gasteiger partial charge in [-0.2, -0.15) is 0 Å². The summed E-state index contributed by atoms with van der Waals surface area (Å²) in [6.45, 7) is 1.56. The molecular weight excluding hydrogens is 496 g/mol. The molecule has 0 spiro atoms. The molecule has 3 rings (SSSR count). The third-order valence-electron chi connectivity index (χ3n) is 5.63. The number of methoxy groups -OCH3 is 2. The lowest BCUT2D eigenvalue weighted by Crippen LogP contribution is -2.43. The minimum Gasteiger partial charge on any atom is -0.493 e. The highest BCUT2D eigenvalue weighted by molar-refractivity contribution is 14.0. The Bertz CT molecular complexity index is 871. The number of hydrogen-bond donors (Lipinski definition) is 1. The van der Waals surface area contributed by atoms with Crippen LogP contribution in [0.4, 0.5) is 4.39 Å². The van der Waals surface area contributed by atoms with Crippen molar-refractivity contribution in [3.05, 3.63) is 59.4 Å². The zero-order valence-electron chi connectivity index (χ0n) is 18.1. The number of nitrogens with zero attached hydrogens (tertiary/aromatic N) is 2. The van der Waals surface area contributed by atoms with Crippen molar-refractivity contribution in [3.63, 3.8) is 0 Å². The van der Waals surface area contributed by atoms with Gasteiger partial charge in [0.1, 0.15) is 5.82 Å². The zero-order chi connectivity index (χ0) is 20.9. The first-order chi connectivity index (χ1) is 14.0. The standard InChI is InChI=1S/C23H30FN3O2.HI/c1-25-22(26-16-23(11-12-23)18-6-5-7-19(24)15-18)27(2)13-10-17-8-9-20(28-3)21(14-17)29-4;/h5-9,14-15H,10-13,16H2,1-4H3,(H,25,26);1H. The Kier molecular flexibility index (Phi) is 8.76. The van der Waals surface area contributed by atoms with Gasteiger partial charge in [-0.3, -0.25) is 4.99 Å². The van der Waals surface area contributed by atoms with E-state index < -0.39 is 0 Å². The number of likely N-dealkylation sites (N-methyl/N-ethyl adjacent to an activating group) is 1. The average Bonchev–Trinajstić information content (AvgIpc) is 3.53. The maximum absolute atomic E-state index is 13.6. The number of rotatable bonds is 8. The molecule has 0 unspecified atom stereocenters. The van der Waals surface area contributed by atoms with Gasteiger partial charge in [0.15, 0.2) is 17.5 Å². The number of hydrogen-bond acceptors (Lipinski definition) is 3. The molecule has 0 heterocycles. The van der Waals surface area contributed by atoms with Gasteiger partial charge in [-0.25, -0.2) is 4.39 Å². The molecule has 0 aliphatic heterocycles. The lowest BCUT2D eigenvalue weighted by molar-refractivity contribution is 0.354. The molecule has 7 heteroatoms. The summed E-state index contributed by atoms with van der Waals surface area (Å²) >= 11 is 0. The Labute approximate surface area is 195 Å². The van der Waals surface area contributed by atoms with Crippen LogP contribution in [0, 0.1) is 5.82 Å². The molecule has 2 aromatic rings. The van der Waals surface area contributed by atoms with Crippen LogP contribution in [-0.2, 0) is 11.8 Å². The van der Waals surface area contributed by atoms with Crippen molar-refractivity contribution in [2.75, 3.05) is 41.4 Å². The zero-order valence-corrected chi connectivity index (χ0v) is 20.4. The first kappa shape index (κ1) is 24.2. The fraction of sp³-hybridized carbons (Fsp3) is 0.435. The van der Waals surface area contributed by atoms with Crippen molar-refractivity contribution in [3.8, 4) is 11.5 Å². The number of halogens is 2. The lowest BCUT2D eigenvalue weighted by Gasteiger charge is -2.25. The van der Waals surface area contributed by atoms with Gasteiger partial charge in [-0.05, 0) is 54.7 Å². The summed E-state index contributed by atoms with van der Waals surface area (Å²) in [5, 5.41) is 3.48. The molecule has 5 nitrogen and oxygen atoms in total. The second kappa shape index (κ2) is 10.8. The van der Waals surface area contributed by atoms with Gasteiger partial charge >= 0.3 is 0 Å². The number of nitrogens with one attached hydrogen (secondary N) is 1. The van der Waals surface area contributed by atoms with E-state index in [0.717, 1.165) is 55.4 Å². The summed E-state index contributed by atoms with van der Waals surface area (Å²) in [7, 11) is 7.10. The highest BCUT2D eigenvalue weighted by atomic mass is 127. The molecule has 0 amide bonds. The summed E-state index contributed by atoms with van der Waals surface area (Å²) < 4.78 is 24.3. The Hall–Kier alpha value is -2.03. The van der Waals surface area contributed by atoms with Crippen molar-refractivity contribution in [2.45, 2.75) is 24.7 Å². The summed E-state index contributed by atoms with van der Waals surface area (Å²) in [5.74, 6) is 2.13.